The SMILES string of the molecule is CCOCCN1/C(=C\C=C2/CCCC(/C=C/C3=[N+](CCOCC)c4c(C)cc(OC)cc4C3(C)C)=C2Cl)C(C)(C)c2cc(OC)cc(C)c21. The van der Waals surface area contributed by atoms with E-state index in [0.29, 0.717) is 26.4 Å². The Hall–Kier alpha value is -3.32. The van der Waals surface area contributed by atoms with Crippen LogP contribution >= 0.6 is 11.6 Å². The van der Waals surface area contributed by atoms with Crippen molar-refractivity contribution in [2.24, 2.45) is 0 Å². The van der Waals surface area contributed by atoms with Gasteiger partial charge in [-0.15, -0.1) is 0 Å². The number of hydrogen-bond acceptors (Lipinski definition) is 5. The second-order valence-electron chi connectivity index (χ2n) is 14.3. The number of rotatable bonds is 13. The fourth-order valence-electron chi connectivity index (χ4n) is 7.82. The van der Waals surface area contributed by atoms with Gasteiger partial charge in [0.25, 0.3) is 0 Å². The van der Waals surface area contributed by atoms with Crippen molar-refractivity contribution in [2.45, 2.75) is 85.5 Å². The Morgan fingerprint density at radius 3 is 2.14 bits per heavy atom. The molecule has 0 radical (unpaired) electrons. The van der Waals surface area contributed by atoms with Gasteiger partial charge in [0.2, 0.25) is 5.69 Å². The van der Waals surface area contributed by atoms with Gasteiger partial charge in [-0.3, -0.25) is 0 Å². The molecule has 0 amide bonds. The highest BCUT2D eigenvalue weighted by Crippen LogP contribution is 2.51. The van der Waals surface area contributed by atoms with E-state index in [4.69, 9.17) is 30.5 Å². The number of allylic oxidation sites excluding steroid dienone is 8. The summed E-state index contributed by atoms with van der Waals surface area (Å²) in [6.07, 6.45) is 12.1. The molecule has 49 heavy (non-hydrogen) atoms. The average molecular weight is 688 g/mol. The minimum Gasteiger partial charge on any atom is -0.497 e. The average Bonchev–Trinajstić information content (AvgIpc) is 3.42. The normalized spacial score (nSPS) is 19.9. The third-order valence-corrected chi connectivity index (χ3v) is 10.9. The van der Waals surface area contributed by atoms with E-state index in [1.807, 2.05) is 13.8 Å². The lowest BCUT2D eigenvalue weighted by Crippen LogP contribution is -2.29. The summed E-state index contributed by atoms with van der Waals surface area (Å²) < 4.78 is 25.5. The van der Waals surface area contributed by atoms with Gasteiger partial charge in [-0.1, -0.05) is 37.6 Å². The van der Waals surface area contributed by atoms with Crippen LogP contribution in [-0.2, 0) is 20.3 Å². The second kappa shape index (κ2) is 15.3. The number of ether oxygens (including phenoxy) is 4. The van der Waals surface area contributed by atoms with Crippen molar-refractivity contribution in [1.29, 1.82) is 0 Å². The predicted octanol–water partition coefficient (Wildman–Crippen LogP) is 9.61. The lowest BCUT2D eigenvalue weighted by molar-refractivity contribution is -0.442. The molecule has 0 saturated heterocycles. The van der Waals surface area contributed by atoms with Gasteiger partial charge in [0, 0.05) is 58.8 Å². The number of methoxy groups -OCH3 is 2. The number of halogens is 1. The van der Waals surface area contributed by atoms with E-state index in [9.17, 15) is 0 Å². The lowest BCUT2D eigenvalue weighted by Gasteiger charge is -2.27. The quantitative estimate of drug-likeness (QED) is 0.155. The van der Waals surface area contributed by atoms with Gasteiger partial charge in [-0.25, -0.2) is 0 Å². The van der Waals surface area contributed by atoms with Crippen LogP contribution in [0.25, 0.3) is 0 Å². The molecule has 2 heterocycles. The summed E-state index contributed by atoms with van der Waals surface area (Å²) in [7, 11) is 3.48. The highest BCUT2D eigenvalue weighted by molar-refractivity contribution is 6.32. The smallest absolute Gasteiger partial charge is 0.213 e. The molecule has 0 spiro atoms. The zero-order valence-corrected chi connectivity index (χ0v) is 32.1. The van der Waals surface area contributed by atoms with Crippen LogP contribution in [-0.4, -0.2) is 64.0 Å². The Morgan fingerprint density at radius 1 is 0.816 bits per heavy atom. The maximum Gasteiger partial charge on any atom is 0.213 e. The van der Waals surface area contributed by atoms with Crippen LogP contribution in [0.2, 0.25) is 0 Å². The lowest BCUT2D eigenvalue weighted by atomic mass is 9.80. The Labute approximate surface area is 299 Å². The molecule has 0 aromatic heterocycles. The van der Waals surface area contributed by atoms with E-state index in [0.717, 1.165) is 48.9 Å². The summed E-state index contributed by atoms with van der Waals surface area (Å²) in [5, 5.41) is 0.860. The van der Waals surface area contributed by atoms with Gasteiger partial charge < -0.3 is 23.8 Å². The number of benzene rings is 2. The monoisotopic (exact) mass is 687 g/mol. The maximum atomic E-state index is 7.27. The molecule has 2 aromatic carbocycles. The van der Waals surface area contributed by atoms with Gasteiger partial charge in [-0.2, -0.15) is 4.58 Å². The molecule has 2 aromatic rings. The van der Waals surface area contributed by atoms with Gasteiger partial charge in [0.05, 0.1) is 26.2 Å². The first-order valence-electron chi connectivity index (χ1n) is 17.8. The van der Waals surface area contributed by atoms with Crippen LogP contribution in [0.4, 0.5) is 11.4 Å². The standard InChI is InChI=1S/C42H56ClN2O4/c1-11-48-22-20-44-36(41(5,6)34-26-32(46-9)24-28(3)39(34)44)18-16-30-14-13-15-31(38(30)43)17-19-37-42(7,8)35-27-33(47-10)25-29(4)40(35)45(37)21-23-49-12-2/h16-19,24-27H,11-15,20-23H2,1-10H3/q+1. The Kier molecular flexibility index (Phi) is 11.5. The molecule has 5 rings (SSSR count). The van der Waals surface area contributed by atoms with Crippen LogP contribution in [0.15, 0.2) is 70.4 Å². The van der Waals surface area contributed by atoms with Gasteiger partial charge >= 0.3 is 0 Å². The Bertz CT molecular complexity index is 1730. The minimum absolute atomic E-state index is 0.211. The molecule has 2 aliphatic heterocycles. The largest absolute Gasteiger partial charge is 0.497 e. The molecule has 7 heteroatoms. The first-order valence-corrected chi connectivity index (χ1v) is 18.2. The fraction of sp³-hybridized carbons (Fsp3) is 0.500. The molecular weight excluding hydrogens is 632 g/mol. The zero-order chi connectivity index (χ0) is 35.5. The third-order valence-electron chi connectivity index (χ3n) is 10.4. The molecule has 0 saturated carbocycles. The molecule has 0 atom stereocenters. The van der Waals surface area contributed by atoms with Gasteiger partial charge in [-0.05, 0) is 113 Å². The molecule has 264 valence electrons. The highest BCUT2D eigenvalue weighted by atomic mass is 35.5. The van der Waals surface area contributed by atoms with E-state index < -0.39 is 0 Å². The Balaban J connectivity index is 1.52. The number of anilines is 1. The summed E-state index contributed by atoms with van der Waals surface area (Å²) in [5.74, 6) is 1.78. The first kappa shape index (κ1) is 36.9. The topological polar surface area (TPSA) is 43.2 Å². The summed E-state index contributed by atoms with van der Waals surface area (Å²) in [6, 6.07) is 8.63. The summed E-state index contributed by atoms with van der Waals surface area (Å²) in [5.41, 5.74) is 11.9. The van der Waals surface area contributed by atoms with E-state index in [1.54, 1.807) is 14.2 Å². The van der Waals surface area contributed by atoms with Gasteiger partial charge in [0.15, 0.2) is 12.3 Å². The molecular formula is C42H56ClN2O4+. The molecule has 0 fully saturated rings. The zero-order valence-electron chi connectivity index (χ0n) is 31.4. The van der Waals surface area contributed by atoms with E-state index in [2.05, 4.69) is 99.6 Å². The molecule has 0 bridgehead atoms. The molecule has 1 aliphatic carbocycles. The van der Waals surface area contributed by atoms with Crippen LogP contribution in [0.1, 0.15) is 83.1 Å². The number of fused-ring (bicyclic) bond motifs is 2. The van der Waals surface area contributed by atoms with Crippen molar-refractivity contribution >= 4 is 28.7 Å². The van der Waals surface area contributed by atoms with Crippen molar-refractivity contribution in [2.75, 3.05) is 58.6 Å². The second-order valence-corrected chi connectivity index (χ2v) is 14.7. The van der Waals surface area contributed by atoms with E-state index >= 15 is 0 Å². The van der Waals surface area contributed by atoms with E-state index in [1.165, 1.54) is 56.2 Å². The minimum atomic E-state index is -0.211. The number of aryl methyl sites for hydroxylation is 2. The van der Waals surface area contributed by atoms with Gasteiger partial charge in [0.1, 0.15) is 18.1 Å². The van der Waals surface area contributed by atoms with E-state index in [-0.39, 0.29) is 10.8 Å². The summed E-state index contributed by atoms with van der Waals surface area (Å²) >= 11 is 7.27. The van der Waals surface area contributed by atoms with Crippen molar-refractivity contribution in [3.05, 3.63) is 92.7 Å². The molecule has 0 N–H and O–H groups in total. The predicted molar refractivity (Wildman–Crippen MR) is 204 cm³/mol. The number of hydrogen-bond donors (Lipinski definition) is 0. The highest BCUT2D eigenvalue weighted by Gasteiger charge is 2.46. The van der Waals surface area contributed by atoms with Crippen molar-refractivity contribution < 1.29 is 23.5 Å². The van der Waals surface area contributed by atoms with Crippen LogP contribution < -0.4 is 14.4 Å². The number of nitrogens with zero attached hydrogens (tertiary/aromatic N) is 2. The van der Waals surface area contributed by atoms with Crippen LogP contribution in [0.3, 0.4) is 0 Å². The first-order chi connectivity index (χ1) is 23.4. The fourth-order valence-corrected chi connectivity index (χ4v) is 8.13. The van der Waals surface area contributed by atoms with Crippen molar-refractivity contribution in [1.82, 2.24) is 0 Å². The molecule has 0 unspecified atom stereocenters. The van der Waals surface area contributed by atoms with Crippen LogP contribution in [0, 0.1) is 13.8 Å². The summed E-state index contributed by atoms with van der Waals surface area (Å²) in [6.45, 7) is 21.9. The molecule has 3 aliphatic rings. The Morgan fingerprint density at radius 2 is 1.47 bits per heavy atom. The van der Waals surface area contributed by atoms with Crippen LogP contribution in [0.5, 0.6) is 11.5 Å². The van der Waals surface area contributed by atoms with Crippen molar-refractivity contribution in [3.8, 4) is 11.5 Å². The van der Waals surface area contributed by atoms with Crippen molar-refractivity contribution in [3.63, 3.8) is 0 Å². The third kappa shape index (κ3) is 7.15. The summed E-state index contributed by atoms with van der Waals surface area (Å²) in [4.78, 5) is 2.43. The maximum absolute atomic E-state index is 7.27. The molecule has 6 nitrogen and oxygen atoms in total.